The van der Waals surface area contributed by atoms with Gasteiger partial charge in [0.05, 0.1) is 6.10 Å². The summed E-state index contributed by atoms with van der Waals surface area (Å²) < 4.78 is 5.73. The molecule has 0 bridgehead atoms. The van der Waals surface area contributed by atoms with Gasteiger partial charge in [0.1, 0.15) is 0 Å². The van der Waals surface area contributed by atoms with Crippen molar-refractivity contribution in [2.75, 3.05) is 13.7 Å². The fourth-order valence-electron chi connectivity index (χ4n) is 2.82. The van der Waals surface area contributed by atoms with E-state index in [9.17, 15) is 0 Å². The number of hydrogen-bond acceptors (Lipinski definition) is 2. The predicted molar refractivity (Wildman–Crippen MR) is 76.5 cm³/mol. The highest BCUT2D eigenvalue weighted by Crippen LogP contribution is 2.24. The Labute approximate surface area is 109 Å². The monoisotopic (exact) mass is 243 g/mol. The summed E-state index contributed by atoms with van der Waals surface area (Å²) in [5.74, 6) is 0.732. The Kier molecular flexibility index (Phi) is 11.0. The number of nitrogens with one attached hydrogen (secondary N) is 1. The van der Waals surface area contributed by atoms with Crippen LogP contribution in [-0.4, -0.2) is 25.8 Å². The molecule has 0 aromatic rings. The molecule has 0 saturated carbocycles. The first-order valence-corrected chi connectivity index (χ1v) is 7.59. The lowest BCUT2D eigenvalue weighted by molar-refractivity contribution is 0.00961. The lowest BCUT2D eigenvalue weighted by atomic mass is 9.86. The van der Waals surface area contributed by atoms with Crippen molar-refractivity contribution < 1.29 is 4.74 Å². The predicted octanol–water partition coefficient (Wildman–Crippen LogP) is 4.00. The Bertz CT molecular complexity index is 150. The molecule has 3 atom stereocenters. The summed E-state index contributed by atoms with van der Waals surface area (Å²) in [7, 11) is 1.87. The van der Waals surface area contributed by atoms with E-state index in [0.29, 0.717) is 12.1 Å². The van der Waals surface area contributed by atoms with Crippen LogP contribution in [0.4, 0.5) is 0 Å². The molecule has 104 valence electrons. The minimum Gasteiger partial charge on any atom is -0.380 e. The van der Waals surface area contributed by atoms with Crippen molar-refractivity contribution in [2.45, 2.75) is 78.4 Å². The van der Waals surface area contributed by atoms with Crippen LogP contribution in [0.2, 0.25) is 0 Å². The van der Waals surface area contributed by atoms with Gasteiger partial charge < -0.3 is 10.1 Å². The molecule has 17 heavy (non-hydrogen) atoms. The van der Waals surface area contributed by atoms with Crippen molar-refractivity contribution in [3.8, 4) is 0 Å². The summed E-state index contributed by atoms with van der Waals surface area (Å²) in [6.07, 6.45) is 8.22. The van der Waals surface area contributed by atoms with E-state index in [1.54, 1.807) is 0 Å². The molecule has 1 rings (SSSR count). The minimum absolute atomic E-state index is 0.426. The third-order valence-electron chi connectivity index (χ3n) is 3.67. The molecule has 3 unspecified atom stereocenters. The van der Waals surface area contributed by atoms with Crippen LogP contribution in [0.15, 0.2) is 0 Å². The molecular weight excluding hydrogens is 210 g/mol. The van der Waals surface area contributed by atoms with Crippen LogP contribution in [0.25, 0.3) is 0 Å². The van der Waals surface area contributed by atoms with Crippen LogP contribution in [-0.2, 0) is 4.74 Å². The van der Waals surface area contributed by atoms with Crippen molar-refractivity contribution in [3.63, 3.8) is 0 Å². The molecule has 0 radical (unpaired) electrons. The van der Waals surface area contributed by atoms with Crippen molar-refractivity contribution in [2.24, 2.45) is 5.92 Å². The number of hydrogen-bond donors (Lipinski definition) is 1. The van der Waals surface area contributed by atoms with E-state index < -0.39 is 0 Å². The van der Waals surface area contributed by atoms with Crippen LogP contribution in [0, 0.1) is 5.92 Å². The fraction of sp³-hybridized carbons (Fsp3) is 1.00. The van der Waals surface area contributed by atoms with Crippen LogP contribution in [0.5, 0.6) is 0 Å². The summed E-state index contributed by atoms with van der Waals surface area (Å²) in [4.78, 5) is 0. The topological polar surface area (TPSA) is 21.3 Å². The molecular formula is C15H33NO. The van der Waals surface area contributed by atoms with Gasteiger partial charge in [-0.1, -0.05) is 47.0 Å². The second kappa shape index (κ2) is 11.0. The van der Waals surface area contributed by atoms with Crippen LogP contribution < -0.4 is 5.32 Å². The standard InChI is InChI=1S/C13H27NO.C2H6/c1-4-8-11(5-2)13(15-3)12-9-6-7-10-14-12;1-2/h11-14H,4-10H2,1-3H3;1-2H3. The molecule has 0 spiro atoms. The average Bonchev–Trinajstić information content (AvgIpc) is 2.42. The largest absolute Gasteiger partial charge is 0.380 e. The Morgan fingerprint density at radius 2 is 1.94 bits per heavy atom. The highest BCUT2D eigenvalue weighted by Gasteiger charge is 2.28. The molecule has 1 saturated heterocycles. The summed E-state index contributed by atoms with van der Waals surface area (Å²) in [5, 5.41) is 3.62. The van der Waals surface area contributed by atoms with Crippen molar-refractivity contribution in [1.29, 1.82) is 0 Å². The van der Waals surface area contributed by atoms with Gasteiger partial charge in [-0.2, -0.15) is 0 Å². The lowest BCUT2D eigenvalue weighted by Crippen LogP contribution is -2.47. The second-order valence-electron chi connectivity index (χ2n) is 4.71. The first-order valence-electron chi connectivity index (χ1n) is 7.59. The quantitative estimate of drug-likeness (QED) is 0.761. The fourth-order valence-corrected chi connectivity index (χ4v) is 2.82. The third-order valence-corrected chi connectivity index (χ3v) is 3.67. The zero-order valence-corrected chi connectivity index (χ0v) is 12.6. The maximum Gasteiger partial charge on any atom is 0.0752 e. The first-order chi connectivity index (χ1) is 8.33. The van der Waals surface area contributed by atoms with E-state index >= 15 is 0 Å². The Hall–Kier alpha value is -0.0800. The summed E-state index contributed by atoms with van der Waals surface area (Å²) in [5.41, 5.74) is 0. The average molecular weight is 243 g/mol. The molecule has 1 aliphatic heterocycles. The van der Waals surface area contributed by atoms with Gasteiger partial charge in [-0.05, 0) is 31.7 Å². The van der Waals surface area contributed by atoms with Crippen LogP contribution in [0.3, 0.4) is 0 Å². The Morgan fingerprint density at radius 3 is 2.35 bits per heavy atom. The van der Waals surface area contributed by atoms with Gasteiger partial charge in [0.25, 0.3) is 0 Å². The highest BCUT2D eigenvalue weighted by molar-refractivity contribution is 4.84. The summed E-state index contributed by atoms with van der Waals surface area (Å²) in [6.45, 7) is 9.73. The summed E-state index contributed by atoms with van der Waals surface area (Å²) >= 11 is 0. The molecule has 1 aliphatic rings. The van der Waals surface area contributed by atoms with E-state index in [-0.39, 0.29) is 0 Å². The normalized spacial score (nSPS) is 23.5. The van der Waals surface area contributed by atoms with Crippen LogP contribution in [0.1, 0.15) is 66.2 Å². The molecule has 1 heterocycles. The Balaban J connectivity index is 0.00000121. The van der Waals surface area contributed by atoms with Gasteiger partial charge in [-0.3, -0.25) is 0 Å². The van der Waals surface area contributed by atoms with E-state index in [1.807, 2.05) is 21.0 Å². The van der Waals surface area contributed by atoms with Crippen molar-refractivity contribution in [3.05, 3.63) is 0 Å². The Morgan fingerprint density at radius 1 is 1.24 bits per heavy atom. The van der Waals surface area contributed by atoms with Crippen molar-refractivity contribution >= 4 is 0 Å². The first kappa shape index (κ1) is 16.9. The molecule has 0 aromatic heterocycles. The molecule has 1 fully saturated rings. The summed E-state index contributed by atoms with van der Waals surface area (Å²) in [6, 6.07) is 0.597. The lowest BCUT2D eigenvalue weighted by Gasteiger charge is -2.35. The number of rotatable bonds is 6. The van der Waals surface area contributed by atoms with E-state index in [4.69, 9.17) is 4.74 Å². The van der Waals surface area contributed by atoms with E-state index in [1.165, 1.54) is 45.1 Å². The van der Waals surface area contributed by atoms with Gasteiger partial charge in [0.2, 0.25) is 0 Å². The molecule has 0 amide bonds. The van der Waals surface area contributed by atoms with E-state index in [0.717, 1.165) is 5.92 Å². The molecule has 2 heteroatoms. The number of piperidine rings is 1. The SMILES string of the molecule is CC.CCCC(CC)C(OC)C1CCCCN1. The third kappa shape index (κ3) is 5.87. The zero-order chi connectivity index (χ0) is 13.1. The van der Waals surface area contributed by atoms with Gasteiger partial charge >= 0.3 is 0 Å². The highest BCUT2D eigenvalue weighted by atomic mass is 16.5. The molecule has 0 aliphatic carbocycles. The zero-order valence-electron chi connectivity index (χ0n) is 12.6. The van der Waals surface area contributed by atoms with Gasteiger partial charge in [-0.15, -0.1) is 0 Å². The number of ether oxygens (including phenoxy) is 1. The molecule has 1 N–H and O–H groups in total. The molecule has 0 aromatic carbocycles. The van der Waals surface area contributed by atoms with Crippen LogP contribution >= 0.6 is 0 Å². The van der Waals surface area contributed by atoms with E-state index in [2.05, 4.69) is 19.2 Å². The van der Waals surface area contributed by atoms with Gasteiger partial charge in [0, 0.05) is 13.2 Å². The van der Waals surface area contributed by atoms with Gasteiger partial charge in [-0.25, -0.2) is 0 Å². The molecule has 2 nitrogen and oxygen atoms in total. The minimum atomic E-state index is 0.426. The second-order valence-corrected chi connectivity index (χ2v) is 4.71. The van der Waals surface area contributed by atoms with Gasteiger partial charge in [0.15, 0.2) is 0 Å². The smallest absolute Gasteiger partial charge is 0.0752 e. The van der Waals surface area contributed by atoms with Crippen molar-refractivity contribution in [1.82, 2.24) is 5.32 Å². The maximum absolute atomic E-state index is 5.73. The maximum atomic E-state index is 5.73. The number of methoxy groups -OCH3 is 1.